The number of Topliss-reactive ketones (excluding diaryl/α,β-unsaturated/α-hetero) is 1. The number of anilines is 1. The average Bonchev–Trinajstić information content (AvgIpc) is 3.49. The Labute approximate surface area is 196 Å². The molecule has 166 valence electrons. The average molecular weight is 461 g/mol. The first kappa shape index (κ1) is 20.3. The van der Waals surface area contributed by atoms with Crippen LogP contribution in [0.4, 0.5) is 5.69 Å². The number of halogens is 1. The van der Waals surface area contributed by atoms with Crippen LogP contribution < -0.4 is 14.8 Å². The van der Waals surface area contributed by atoms with Crippen LogP contribution in [0.5, 0.6) is 11.5 Å². The molecular formula is C26H21ClN2O4. The second-order valence-electron chi connectivity index (χ2n) is 8.71. The van der Waals surface area contributed by atoms with Gasteiger partial charge >= 0.3 is 0 Å². The number of likely N-dealkylation sites (tertiary alicyclic amines) is 1. The number of likely N-dealkylation sites (N-methyl/N-ethyl adjacent to an activating group) is 1. The van der Waals surface area contributed by atoms with E-state index in [-0.39, 0.29) is 24.4 Å². The maximum absolute atomic E-state index is 14.2. The molecule has 1 saturated heterocycles. The summed E-state index contributed by atoms with van der Waals surface area (Å²) >= 11 is 6.14. The summed E-state index contributed by atoms with van der Waals surface area (Å²) in [4.78, 5) is 29.9. The minimum absolute atomic E-state index is 0.107. The van der Waals surface area contributed by atoms with Crippen LogP contribution in [0.25, 0.3) is 0 Å². The molecule has 0 unspecified atom stereocenters. The minimum Gasteiger partial charge on any atom is -0.454 e. The number of ether oxygens (including phenoxy) is 2. The van der Waals surface area contributed by atoms with Crippen molar-refractivity contribution < 1.29 is 19.1 Å². The Balaban J connectivity index is 1.54. The summed E-state index contributed by atoms with van der Waals surface area (Å²) in [6.45, 7) is 0.677. The largest absolute Gasteiger partial charge is 0.454 e. The Hall–Kier alpha value is -3.35. The van der Waals surface area contributed by atoms with Gasteiger partial charge in [0.05, 0.1) is 5.92 Å². The van der Waals surface area contributed by atoms with Gasteiger partial charge < -0.3 is 14.8 Å². The van der Waals surface area contributed by atoms with Crippen molar-refractivity contribution in [1.29, 1.82) is 0 Å². The van der Waals surface area contributed by atoms with E-state index in [0.717, 1.165) is 16.8 Å². The van der Waals surface area contributed by atoms with Crippen LogP contribution >= 0.6 is 11.6 Å². The molecule has 6 nitrogen and oxygen atoms in total. The first-order valence-corrected chi connectivity index (χ1v) is 11.2. The Bertz CT molecular complexity index is 1290. The fourth-order valence-electron chi connectivity index (χ4n) is 5.63. The Morgan fingerprint density at radius 1 is 1.06 bits per heavy atom. The van der Waals surface area contributed by atoms with Crippen LogP contribution in [0.1, 0.15) is 27.4 Å². The molecule has 7 heteroatoms. The summed E-state index contributed by atoms with van der Waals surface area (Å²) < 4.78 is 10.9. The summed E-state index contributed by atoms with van der Waals surface area (Å²) in [5.74, 6) is 0.0181. The van der Waals surface area contributed by atoms with Gasteiger partial charge in [-0.1, -0.05) is 41.9 Å². The van der Waals surface area contributed by atoms with Gasteiger partial charge in [0.2, 0.25) is 12.7 Å². The molecule has 33 heavy (non-hydrogen) atoms. The van der Waals surface area contributed by atoms with Gasteiger partial charge in [0.15, 0.2) is 17.3 Å². The van der Waals surface area contributed by atoms with Crippen molar-refractivity contribution in [2.45, 2.75) is 11.5 Å². The van der Waals surface area contributed by atoms with Crippen LogP contribution in [0.15, 0.2) is 66.7 Å². The molecule has 1 fully saturated rings. The van der Waals surface area contributed by atoms with E-state index in [1.165, 1.54) is 0 Å². The molecule has 1 spiro atoms. The molecule has 3 aromatic rings. The number of hydrogen-bond acceptors (Lipinski definition) is 5. The SMILES string of the molecule is CN1C[C@H](c2ccc(Cl)cc2)[C@H](C(=O)c2ccc3c(c2)OCO3)[C@@]12C(=O)Nc1ccccc12. The van der Waals surface area contributed by atoms with E-state index in [2.05, 4.69) is 5.32 Å². The van der Waals surface area contributed by atoms with Crippen molar-refractivity contribution in [2.24, 2.45) is 5.92 Å². The Morgan fingerprint density at radius 2 is 1.82 bits per heavy atom. The summed E-state index contributed by atoms with van der Waals surface area (Å²) in [7, 11) is 1.91. The fourth-order valence-corrected chi connectivity index (χ4v) is 5.76. The number of para-hydroxylation sites is 1. The number of amides is 1. The third kappa shape index (κ3) is 2.84. The molecule has 0 aromatic heterocycles. The van der Waals surface area contributed by atoms with E-state index >= 15 is 0 Å². The number of ketones is 1. The number of benzene rings is 3. The molecule has 1 N–H and O–H groups in total. The lowest BCUT2D eigenvalue weighted by molar-refractivity contribution is -0.126. The monoisotopic (exact) mass is 460 g/mol. The predicted octanol–water partition coefficient (Wildman–Crippen LogP) is 4.44. The van der Waals surface area contributed by atoms with Crippen LogP contribution in [0.3, 0.4) is 0 Å². The van der Waals surface area contributed by atoms with Crippen molar-refractivity contribution in [3.05, 3.63) is 88.4 Å². The molecule has 3 heterocycles. The molecule has 3 aromatic carbocycles. The van der Waals surface area contributed by atoms with Gasteiger partial charge in [-0.15, -0.1) is 0 Å². The normalized spacial score (nSPS) is 25.3. The van der Waals surface area contributed by atoms with Crippen LogP contribution in [-0.2, 0) is 10.3 Å². The zero-order chi connectivity index (χ0) is 22.7. The van der Waals surface area contributed by atoms with Gasteiger partial charge in [-0.2, -0.15) is 0 Å². The first-order valence-electron chi connectivity index (χ1n) is 10.8. The number of hydrogen-bond donors (Lipinski definition) is 1. The summed E-state index contributed by atoms with van der Waals surface area (Å²) in [5.41, 5.74) is 1.92. The second-order valence-corrected chi connectivity index (χ2v) is 9.15. The van der Waals surface area contributed by atoms with E-state index in [1.54, 1.807) is 18.2 Å². The number of nitrogens with one attached hydrogen (secondary N) is 1. The maximum atomic E-state index is 14.2. The molecule has 0 radical (unpaired) electrons. The summed E-state index contributed by atoms with van der Waals surface area (Å²) in [5, 5.41) is 3.65. The molecular weight excluding hydrogens is 440 g/mol. The zero-order valence-corrected chi connectivity index (χ0v) is 18.6. The van der Waals surface area contributed by atoms with Gasteiger partial charge in [0.25, 0.3) is 0 Å². The lowest BCUT2D eigenvalue weighted by Gasteiger charge is -2.35. The molecule has 3 atom stereocenters. The quantitative estimate of drug-likeness (QED) is 0.585. The van der Waals surface area contributed by atoms with E-state index in [4.69, 9.17) is 21.1 Å². The van der Waals surface area contributed by atoms with Crippen molar-refractivity contribution in [3.63, 3.8) is 0 Å². The lowest BCUT2D eigenvalue weighted by Crippen LogP contribution is -2.51. The molecule has 0 saturated carbocycles. The van der Waals surface area contributed by atoms with Gasteiger partial charge in [-0.05, 0) is 49.0 Å². The molecule has 1 amide bonds. The standard InChI is InChI=1S/C26H21ClN2O4/c1-29-13-18(15-6-9-17(27)10-7-15)23(24(30)16-8-11-21-22(12-16)33-14-32-21)26(29)19-4-2-3-5-20(19)28-25(26)31/h2-12,18,23H,13-14H2,1H3,(H,28,31)/t18-,23-,26+/m1/s1. The number of nitrogens with zero attached hydrogens (tertiary/aromatic N) is 1. The van der Waals surface area contributed by atoms with Crippen molar-refractivity contribution in [3.8, 4) is 11.5 Å². The molecule has 6 rings (SSSR count). The topological polar surface area (TPSA) is 67.9 Å². The molecule has 3 aliphatic rings. The summed E-state index contributed by atoms with van der Waals surface area (Å²) in [6.07, 6.45) is 0. The molecule has 3 aliphatic heterocycles. The predicted molar refractivity (Wildman–Crippen MR) is 124 cm³/mol. The highest BCUT2D eigenvalue weighted by molar-refractivity contribution is 6.30. The van der Waals surface area contributed by atoms with Crippen molar-refractivity contribution >= 4 is 29.0 Å². The zero-order valence-electron chi connectivity index (χ0n) is 17.9. The van der Waals surface area contributed by atoms with Crippen molar-refractivity contribution in [2.75, 3.05) is 25.7 Å². The number of carbonyl (C=O) groups excluding carboxylic acids is 2. The third-order valence-corrected chi connectivity index (χ3v) is 7.35. The first-order chi connectivity index (χ1) is 16.0. The minimum atomic E-state index is -1.12. The Morgan fingerprint density at radius 3 is 2.64 bits per heavy atom. The van der Waals surface area contributed by atoms with Gasteiger partial charge in [0.1, 0.15) is 5.54 Å². The van der Waals surface area contributed by atoms with Crippen LogP contribution in [0, 0.1) is 5.92 Å². The highest BCUT2D eigenvalue weighted by atomic mass is 35.5. The van der Waals surface area contributed by atoms with Gasteiger partial charge in [0, 0.05) is 34.3 Å². The molecule has 0 aliphatic carbocycles. The van der Waals surface area contributed by atoms with E-state index < -0.39 is 11.5 Å². The van der Waals surface area contributed by atoms with Crippen LogP contribution in [0.2, 0.25) is 5.02 Å². The number of carbonyl (C=O) groups is 2. The van der Waals surface area contributed by atoms with E-state index in [9.17, 15) is 9.59 Å². The number of rotatable bonds is 3. The lowest BCUT2D eigenvalue weighted by atomic mass is 9.70. The smallest absolute Gasteiger partial charge is 0.250 e. The third-order valence-electron chi connectivity index (χ3n) is 7.09. The maximum Gasteiger partial charge on any atom is 0.250 e. The van der Waals surface area contributed by atoms with Crippen molar-refractivity contribution in [1.82, 2.24) is 4.90 Å². The summed E-state index contributed by atoms with van der Waals surface area (Å²) in [6, 6.07) is 20.4. The highest BCUT2D eigenvalue weighted by Gasteiger charge is 2.64. The number of fused-ring (bicyclic) bond motifs is 3. The molecule has 0 bridgehead atoms. The van der Waals surface area contributed by atoms with Crippen LogP contribution in [-0.4, -0.2) is 37.0 Å². The van der Waals surface area contributed by atoms with E-state index in [0.29, 0.717) is 28.6 Å². The Kier molecular flexibility index (Phi) is 4.50. The highest BCUT2D eigenvalue weighted by Crippen LogP contribution is 2.55. The van der Waals surface area contributed by atoms with Gasteiger partial charge in [-0.25, -0.2) is 0 Å². The second kappa shape index (κ2) is 7.33. The van der Waals surface area contributed by atoms with E-state index in [1.807, 2.05) is 60.5 Å². The van der Waals surface area contributed by atoms with Gasteiger partial charge in [-0.3, -0.25) is 14.5 Å². The fraction of sp³-hybridized carbons (Fsp3) is 0.231.